The van der Waals surface area contributed by atoms with Crippen molar-refractivity contribution in [3.05, 3.63) is 59.2 Å². The number of para-hydroxylation sites is 1. The fraction of sp³-hybridized carbons (Fsp3) is 0.348. The number of anilines is 1. The molecule has 6 nitrogen and oxygen atoms in total. The predicted molar refractivity (Wildman–Crippen MR) is 111 cm³/mol. The minimum absolute atomic E-state index is 0.0382. The van der Waals surface area contributed by atoms with Gasteiger partial charge in [0.15, 0.2) is 19.0 Å². The van der Waals surface area contributed by atoms with Crippen LogP contribution in [0.2, 0.25) is 0 Å². The molecule has 2 aromatic carbocycles. The van der Waals surface area contributed by atoms with Gasteiger partial charge in [-0.25, -0.2) is 4.79 Å². The number of rotatable bonds is 9. The van der Waals surface area contributed by atoms with Gasteiger partial charge in [0.2, 0.25) is 0 Å². The van der Waals surface area contributed by atoms with Crippen LogP contribution in [0, 0.1) is 6.92 Å². The van der Waals surface area contributed by atoms with Crippen molar-refractivity contribution in [1.29, 1.82) is 0 Å². The van der Waals surface area contributed by atoms with Gasteiger partial charge in [-0.05, 0) is 48.2 Å². The lowest BCUT2D eigenvalue weighted by Crippen LogP contribution is -2.24. The Bertz CT molecular complexity index is 871. The molecular weight excluding hydrogens is 370 g/mol. The van der Waals surface area contributed by atoms with Crippen LogP contribution in [0.15, 0.2) is 42.5 Å². The number of hydrogen-bond donors (Lipinski definition) is 1. The summed E-state index contributed by atoms with van der Waals surface area (Å²) in [6, 6.07) is 12.4. The number of ether oxygens (including phenoxy) is 2. The molecule has 1 amide bonds. The van der Waals surface area contributed by atoms with Gasteiger partial charge in [-0.1, -0.05) is 39.0 Å². The number of Topliss-reactive ketones (excluding diaryl/α,β-unsaturated/α-hetero) is 1. The van der Waals surface area contributed by atoms with Crippen molar-refractivity contribution in [2.45, 2.75) is 40.0 Å². The van der Waals surface area contributed by atoms with Gasteiger partial charge < -0.3 is 14.8 Å². The average Bonchev–Trinajstić information content (AvgIpc) is 2.71. The molecule has 0 aliphatic heterocycles. The quantitative estimate of drug-likeness (QED) is 0.505. The van der Waals surface area contributed by atoms with Crippen molar-refractivity contribution < 1.29 is 23.9 Å². The first-order chi connectivity index (χ1) is 13.8. The van der Waals surface area contributed by atoms with Crippen molar-refractivity contribution in [1.82, 2.24) is 0 Å². The second-order valence-electron chi connectivity index (χ2n) is 6.99. The van der Waals surface area contributed by atoms with Crippen molar-refractivity contribution in [2.75, 3.05) is 18.5 Å². The minimum atomic E-state index is -0.650. The highest BCUT2D eigenvalue weighted by molar-refractivity contribution is 5.96. The molecule has 0 radical (unpaired) electrons. The molecule has 0 spiro atoms. The van der Waals surface area contributed by atoms with E-state index in [4.69, 9.17) is 9.47 Å². The van der Waals surface area contributed by atoms with Crippen LogP contribution < -0.4 is 10.1 Å². The van der Waals surface area contributed by atoms with E-state index in [0.717, 1.165) is 16.8 Å². The zero-order valence-corrected chi connectivity index (χ0v) is 17.3. The Balaban J connectivity index is 1.82. The Kier molecular flexibility index (Phi) is 7.95. The van der Waals surface area contributed by atoms with Crippen LogP contribution >= 0.6 is 0 Å². The van der Waals surface area contributed by atoms with E-state index in [0.29, 0.717) is 17.7 Å². The Labute approximate surface area is 171 Å². The fourth-order valence-electron chi connectivity index (χ4n) is 2.79. The van der Waals surface area contributed by atoms with Crippen molar-refractivity contribution in [2.24, 2.45) is 0 Å². The topological polar surface area (TPSA) is 81.7 Å². The number of nitrogens with one attached hydrogen (secondary N) is 1. The smallest absolute Gasteiger partial charge is 0.344 e. The highest BCUT2D eigenvalue weighted by atomic mass is 16.6. The van der Waals surface area contributed by atoms with Crippen LogP contribution in [0.1, 0.15) is 54.6 Å². The molecule has 0 fully saturated rings. The molecule has 0 aromatic heterocycles. The maximum absolute atomic E-state index is 12.2. The van der Waals surface area contributed by atoms with Crippen LogP contribution in [0.4, 0.5) is 5.69 Å². The second kappa shape index (κ2) is 10.4. The first-order valence-electron chi connectivity index (χ1n) is 9.62. The summed E-state index contributed by atoms with van der Waals surface area (Å²) >= 11 is 0. The highest BCUT2D eigenvalue weighted by Crippen LogP contribution is 2.27. The number of aryl methyl sites for hydroxylation is 1. The molecule has 6 heteroatoms. The van der Waals surface area contributed by atoms with E-state index in [1.165, 1.54) is 0 Å². The van der Waals surface area contributed by atoms with Gasteiger partial charge in [-0.15, -0.1) is 0 Å². The normalized spacial score (nSPS) is 10.5. The van der Waals surface area contributed by atoms with E-state index < -0.39 is 18.5 Å². The van der Waals surface area contributed by atoms with Gasteiger partial charge >= 0.3 is 5.97 Å². The molecule has 29 heavy (non-hydrogen) atoms. The summed E-state index contributed by atoms with van der Waals surface area (Å²) in [7, 11) is 0. The summed E-state index contributed by atoms with van der Waals surface area (Å²) < 4.78 is 10.3. The number of benzene rings is 2. The number of esters is 1. The van der Waals surface area contributed by atoms with E-state index >= 15 is 0 Å². The first kappa shape index (κ1) is 22.1. The molecule has 0 saturated carbocycles. The molecule has 0 saturated heterocycles. The highest BCUT2D eigenvalue weighted by Gasteiger charge is 2.14. The lowest BCUT2D eigenvalue weighted by molar-refractivity contribution is -0.149. The Morgan fingerprint density at radius 2 is 1.69 bits per heavy atom. The van der Waals surface area contributed by atoms with E-state index in [1.807, 2.05) is 39.0 Å². The maximum atomic E-state index is 12.2. The molecule has 0 heterocycles. The zero-order chi connectivity index (χ0) is 21.4. The number of amides is 1. The molecule has 154 valence electrons. The summed E-state index contributed by atoms with van der Waals surface area (Å²) in [5.74, 6) is -0.323. The predicted octanol–water partition coefficient (Wildman–Crippen LogP) is 4.27. The first-order valence-corrected chi connectivity index (χ1v) is 9.62. The molecular formula is C23H27NO5. The largest absolute Gasteiger partial charge is 0.482 e. The molecule has 0 aliphatic rings. The average molecular weight is 397 g/mol. The van der Waals surface area contributed by atoms with Crippen molar-refractivity contribution in [3.8, 4) is 5.75 Å². The van der Waals surface area contributed by atoms with Crippen molar-refractivity contribution in [3.63, 3.8) is 0 Å². The summed E-state index contributed by atoms with van der Waals surface area (Å²) in [6.45, 7) is 7.09. The van der Waals surface area contributed by atoms with Crippen molar-refractivity contribution >= 4 is 23.3 Å². The monoisotopic (exact) mass is 397 g/mol. The maximum Gasteiger partial charge on any atom is 0.344 e. The Hall–Kier alpha value is -3.15. The number of hydrogen-bond acceptors (Lipinski definition) is 5. The molecule has 1 N–H and O–H groups in total. The minimum Gasteiger partial charge on any atom is -0.482 e. The van der Waals surface area contributed by atoms with Crippen LogP contribution in [0.25, 0.3) is 0 Å². The van der Waals surface area contributed by atoms with E-state index in [9.17, 15) is 14.4 Å². The van der Waals surface area contributed by atoms with Gasteiger partial charge in [-0.2, -0.15) is 0 Å². The van der Waals surface area contributed by atoms with Crippen LogP contribution in [-0.4, -0.2) is 30.9 Å². The Morgan fingerprint density at radius 1 is 1.00 bits per heavy atom. The van der Waals surface area contributed by atoms with Gasteiger partial charge in [-0.3, -0.25) is 9.59 Å². The van der Waals surface area contributed by atoms with Crippen LogP contribution in [-0.2, 0) is 14.3 Å². The number of carbonyl (C=O) groups is 3. The summed E-state index contributed by atoms with van der Waals surface area (Å²) in [4.78, 5) is 35.6. The van der Waals surface area contributed by atoms with E-state index in [-0.39, 0.29) is 18.3 Å². The van der Waals surface area contributed by atoms with Crippen LogP contribution in [0.3, 0.4) is 0 Å². The standard InChI is InChI=1S/C23H27NO5/c1-5-20(25)17-9-11-18(12-10-17)28-14-22(27)29-13-21(26)24-23-16(4)7-6-8-19(23)15(2)3/h6-12,15H,5,13-14H2,1-4H3,(H,24,26). The summed E-state index contributed by atoms with van der Waals surface area (Å²) in [6.07, 6.45) is 0.426. The second-order valence-corrected chi connectivity index (χ2v) is 6.99. The molecule has 2 rings (SSSR count). The van der Waals surface area contributed by atoms with Crippen LogP contribution in [0.5, 0.6) is 5.75 Å². The molecule has 0 aliphatic carbocycles. The van der Waals surface area contributed by atoms with Gasteiger partial charge in [0.25, 0.3) is 5.91 Å². The van der Waals surface area contributed by atoms with Gasteiger partial charge in [0, 0.05) is 17.7 Å². The molecule has 2 aromatic rings. The number of carbonyl (C=O) groups excluding carboxylic acids is 3. The summed E-state index contributed by atoms with van der Waals surface area (Å²) in [5, 5.41) is 2.82. The Morgan fingerprint density at radius 3 is 2.31 bits per heavy atom. The molecule has 0 unspecified atom stereocenters. The lowest BCUT2D eigenvalue weighted by atomic mass is 9.98. The summed E-state index contributed by atoms with van der Waals surface area (Å²) in [5.41, 5.74) is 3.32. The van der Waals surface area contributed by atoms with Gasteiger partial charge in [0.05, 0.1) is 0 Å². The van der Waals surface area contributed by atoms with E-state index in [2.05, 4.69) is 5.32 Å². The lowest BCUT2D eigenvalue weighted by Gasteiger charge is -2.16. The molecule has 0 bridgehead atoms. The van der Waals surface area contributed by atoms with Gasteiger partial charge in [0.1, 0.15) is 5.75 Å². The third-order valence-electron chi connectivity index (χ3n) is 4.41. The third kappa shape index (κ3) is 6.45. The fourth-order valence-corrected chi connectivity index (χ4v) is 2.79. The SMILES string of the molecule is CCC(=O)c1ccc(OCC(=O)OCC(=O)Nc2c(C)cccc2C(C)C)cc1. The zero-order valence-electron chi connectivity index (χ0n) is 17.3. The van der Waals surface area contributed by atoms with E-state index in [1.54, 1.807) is 31.2 Å². The molecule has 0 atom stereocenters. The third-order valence-corrected chi connectivity index (χ3v) is 4.41. The number of ketones is 1.